The van der Waals surface area contributed by atoms with Crippen molar-refractivity contribution in [3.05, 3.63) is 75.0 Å². The minimum absolute atomic E-state index is 0.0793. The van der Waals surface area contributed by atoms with Gasteiger partial charge in [0.25, 0.3) is 5.56 Å². The number of esters is 2. The van der Waals surface area contributed by atoms with Crippen molar-refractivity contribution in [2.45, 2.75) is 77.4 Å². The molecule has 7 heterocycles. The fourth-order valence-corrected chi connectivity index (χ4v) is 6.07. The number of ether oxygens (including phenoxy) is 2. The summed E-state index contributed by atoms with van der Waals surface area (Å²) in [5, 5.41) is 8.10. The second-order valence-electron chi connectivity index (χ2n) is 10.8. The van der Waals surface area contributed by atoms with Gasteiger partial charge in [0.1, 0.15) is 0 Å². The normalized spacial score (nSPS) is 15.1. The summed E-state index contributed by atoms with van der Waals surface area (Å²) < 4.78 is 15.6. The maximum atomic E-state index is 11.5. The third-order valence-corrected chi connectivity index (χ3v) is 8.21. The summed E-state index contributed by atoms with van der Waals surface area (Å²) in [6, 6.07) is 1.94. The minimum Gasteiger partial charge on any atom is -0.465 e. The number of nitrogens with one attached hydrogen (secondary N) is 1. The Hall–Kier alpha value is -4.41. The second kappa shape index (κ2) is 13.1. The summed E-state index contributed by atoms with van der Waals surface area (Å²) in [5.74, 6) is -0.666. The number of hydrogen-bond acceptors (Lipinski definition) is 7. The first kappa shape index (κ1) is 29.1. The average Bonchev–Trinajstić information content (AvgIpc) is 3.74. The highest BCUT2D eigenvalue weighted by Crippen LogP contribution is 2.24. The Morgan fingerprint density at radius 1 is 0.810 bits per heavy atom. The van der Waals surface area contributed by atoms with Crippen LogP contribution in [0, 0.1) is 0 Å². The maximum absolute atomic E-state index is 11.5. The molecule has 7 rings (SSSR count). The molecule has 11 heteroatoms. The fraction of sp³-hybridized carbons (Fsp3) is 0.452. The molecule has 0 unspecified atom stereocenters. The van der Waals surface area contributed by atoms with E-state index < -0.39 is 5.97 Å². The fourth-order valence-electron chi connectivity index (χ4n) is 6.07. The summed E-state index contributed by atoms with van der Waals surface area (Å²) >= 11 is 0. The number of rotatable bonds is 3. The lowest BCUT2D eigenvalue weighted by atomic mass is 10.1. The molecule has 0 radical (unpaired) electrons. The number of aldehydes is 1. The molecule has 0 saturated carbocycles. The van der Waals surface area contributed by atoms with Crippen LogP contribution < -0.4 is 5.56 Å². The van der Waals surface area contributed by atoms with E-state index in [2.05, 4.69) is 28.8 Å². The van der Waals surface area contributed by atoms with Gasteiger partial charge in [-0.05, 0) is 63.9 Å². The Balaban J connectivity index is 0.000000126. The van der Waals surface area contributed by atoms with E-state index in [1.54, 1.807) is 12.4 Å². The lowest BCUT2D eigenvalue weighted by Gasteiger charge is -2.14. The van der Waals surface area contributed by atoms with Gasteiger partial charge in [0.2, 0.25) is 0 Å². The van der Waals surface area contributed by atoms with Gasteiger partial charge < -0.3 is 23.2 Å². The summed E-state index contributed by atoms with van der Waals surface area (Å²) in [7, 11) is 2.74. The molecule has 0 atom stereocenters. The number of hydrogen-bond donors (Lipinski definition) is 1. The summed E-state index contributed by atoms with van der Waals surface area (Å²) in [6.07, 6.45) is 18.1. The molecule has 3 aliphatic heterocycles. The Morgan fingerprint density at radius 2 is 1.45 bits per heavy atom. The predicted octanol–water partition coefficient (Wildman–Crippen LogP) is 4.10. The first-order chi connectivity index (χ1) is 20.4. The van der Waals surface area contributed by atoms with Gasteiger partial charge in [0.05, 0.1) is 36.9 Å². The van der Waals surface area contributed by atoms with Crippen LogP contribution in [0.25, 0.3) is 10.8 Å². The van der Waals surface area contributed by atoms with Crippen LogP contribution in [-0.2, 0) is 48.4 Å². The van der Waals surface area contributed by atoms with Crippen molar-refractivity contribution in [3.8, 4) is 0 Å². The Kier molecular flexibility index (Phi) is 9.04. The van der Waals surface area contributed by atoms with Gasteiger partial charge >= 0.3 is 11.9 Å². The van der Waals surface area contributed by atoms with Crippen molar-refractivity contribution >= 4 is 29.0 Å². The Morgan fingerprint density at radius 3 is 2.12 bits per heavy atom. The maximum Gasteiger partial charge on any atom is 0.340 e. The minimum atomic E-state index is -0.431. The molecule has 222 valence electrons. The molecule has 0 aromatic carbocycles. The van der Waals surface area contributed by atoms with E-state index in [1.807, 2.05) is 23.0 Å². The lowest BCUT2D eigenvalue weighted by molar-refractivity contribution is 0.0591. The third kappa shape index (κ3) is 5.95. The van der Waals surface area contributed by atoms with E-state index in [1.165, 1.54) is 51.3 Å². The standard InChI is InChI=1S/C11H13NO3.C10H11N3O.C10H13NO2/c1-15-11(14)8-6-12-5-3-2-4-10(12)9(8)7-13;14-10-8-6-13-4-2-1-3-9(13)7(8)5-11-12-10;1-13-10(12)8-6-9-4-2-3-5-11(9)7-8/h6-7H,2-5H2,1H3;5-6H,1-4H2,(H,12,14);6-7H,2-5H2,1H3. The zero-order chi connectivity index (χ0) is 29.6. The van der Waals surface area contributed by atoms with Crippen LogP contribution in [0.3, 0.4) is 0 Å². The quantitative estimate of drug-likeness (QED) is 0.288. The molecule has 0 fully saturated rings. The zero-order valence-electron chi connectivity index (χ0n) is 24.2. The van der Waals surface area contributed by atoms with Gasteiger partial charge in [-0.2, -0.15) is 5.10 Å². The average molecular weight is 576 g/mol. The highest BCUT2D eigenvalue weighted by atomic mass is 16.5. The van der Waals surface area contributed by atoms with Crippen LogP contribution in [0.5, 0.6) is 0 Å². The molecule has 1 N–H and O–H groups in total. The van der Waals surface area contributed by atoms with Crippen LogP contribution in [0.2, 0.25) is 0 Å². The molecule has 0 bridgehead atoms. The van der Waals surface area contributed by atoms with E-state index in [4.69, 9.17) is 0 Å². The zero-order valence-corrected chi connectivity index (χ0v) is 24.2. The topological polar surface area (TPSA) is 130 Å². The van der Waals surface area contributed by atoms with Gasteiger partial charge in [-0.25, -0.2) is 14.7 Å². The van der Waals surface area contributed by atoms with Gasteiger partial charge in [-0.15, -0.1) is 0 Å². The molecule has 0 saturated heterocycles. The summed E-state index contributed by atoms with van der Waals surface area (Å²) in [6.45, 7) is 2.95. The number of aromatic nitrogens is 5. The van der Waals surface area contributed by atoms with E-state index in [-0.39, 0.29) is 11.5 Å². The van der Waals surface area contributed by atoms with Gasteiger partial charge in [0.15, 0.2) is 6.29 Å². The van der Waals surface area contributed by atoms with E-state index in [9.17, 15) is 19.2 Å². The monoisotopic (exact) mass is 575 g/mol. The molecule has 0 amide bonds. The van der Waals surface area contributed by atoms with Gasteiger partial charge in [0, 0.05) is 66.3 Å². The molecule has 42 heavy (non-hydrogen) atoms. The van der Waals surface area contributed by atoms with Crippen molar-refractivity contribution in [2.75, 3.05) is 14.2 Å². The summed E-state index contributed by atoms with van der Waals surface area (Å²) in [5.41, 5.74) is 4.99. The molecule has 0 spiro atoms. The van der Waals surface area contributed by atoms with Crippen molar-refractivity contribution in [1.29, 1.82) is 0 Å². The van der Waals surface area contributed by atoms with Crippen LogP contribution in [0.1, 0.15) is 86.7 Å². The predicted molar refractivity (Wildman–Crippen MR) is 156 cm³/mol. The first-order valence-corrected chi connectivity index (χ1v) is 14.5. The first-order valence-electron chi connectivity index (χ1n) is 14.5. The van der Waals surface area contributed by atoms with Crippen LogP contribution in [0.4, 0.5) is 0 Å². The second-order valence-corrected chi connectivity index (χ2v) is 10.8. The molecule has 11 nitrogen and oxygen atoms in total. The van der Waals surface area contributed by atoms with Crippen LogP contribution >= 0.6 is 0 Å². The number of fused-ring (bicyclic) bond motifs is 5. The number of H-pyrrole nitrogens is 1. The van der Waals surface area contributed by atoms with Crippen molar-refractivity contribution in [1.82, 2.24) is 23.9 Å². The van der Waals surface area contributed by atoms with E-state index in [0.29, 0.717) is 16.7 Å². The number of methoxy groups -OCH3 is 2. The molecular formula is C31H37N5O6. The van der Waals surface area contributed by atoms with Crippen LogP contribution in [-0.4, -0.2) is 56.3 Å². The van der Waals surface area contributed by atoms with E-state index in [0.717, 1.165) is 74.5 Å². The smallest absolute Gasteiger partial charge is 0.340 e. The molecule has 4 aromatic rings. The number of carbonyl (C=O) groups is 3. The molecule has 4 aromatic heterocycles. The lowest BCUT2D eigenvalue weighted by Crippen LogP contribution is -2.09. The number of aryl methyl sites for hydroxylation is 5. The number of nitrogens with zero attached hydrogens (tertiary/aromatic N) is 4. The summed E-state index contributed by atoms with van der Waals surface area (Å²) in [4.78, 5) is 45.0. The highest BCUT2D eigenvalue weighted by molar-refractivity contribution is 5.99. The number of aromatic amines is 1. The highest BCUT2D eigenvalue weighted by Gasteiger charge is 2.22. The Labute approximate surface area is 243 Å². The third-order valence-electron chi connectivity index (χ3n) is 8.21. The molecule has 0 aliphatic carbocycles. The van der Waals surface area contributed by atoms with Crippen molar-refractivity contribution in [3.63, 3.8) is 0 Å². The van der Waals surface area contributed by atoms with Crippen molar-refractivity contribution in [2.24, 2.45) is 0 Å². The van der Waals surface area contributed by atoms with Gasteiger partial charge in [-0.1, -0.05) is 0 Å². The van der Waals surface area contributed by atoms with Gasteiger partial charge in [-0.3, -0.25) is 9.59 Å². The Bertz CT molecular complexity index is 1630. The largest absolute Gasteiger partial charge is 0.465 e. The van der Waals surface area contributed by atoms with Crippen molar-refractivity contribution < 1.29 is 23.9 Å². The van der Waals surface area contributed by atoms with Crippen LogP contribution in [0.15, 0.2) is 35.6 Å². The SMILES string of the molecule is COC(=O)c1cc2n(c1)CCCC2.COC(=O)c1cn2c(c1C=O)CCCC2.O=c1[nH]ncc2c3n(cc12)CCCC3. The van der Waals surface area contributed by atoms with E-state index >= 15 is 0 Å². The molecule has 3 aliphatic rings. The number of carbonyl (C=O) groups excluding carboxylic acids is 3. The molecular weight excluding hydrogens is 538 g/mol.